The molecule has 0 fully saturated rings. The van der Waals surface area contributed by atoms with Gasteiger partial charge in [-0.3, -0.25) is 9.69 Å². The fraction of sp³-hybridized carbons (Fsp3) is 0.267. The Morgan fingerprint density at radius 1 is 1.40 bits per heavy atom. The minimum absolute atomic E-state index is 0.0284. The van der Waals surface area contributed by atoms with E-state index in [-0.39, 0.29) is 11.5 Å². The van der Waals surface area contributed by atoms with Crippen molar-refractivity contribution in [2.24, 2.45) is 0 Å². The second kappa shape index (κ2) is 7.35. The molecule has 0 saturated heterocycles. The van der Waals surface area contributed by atoms with Gasteiger partial charge in [-0.2, -0.15) is 0 Å². The van der Waals surface area contributed by atoms with E-state index in [4.69, 9.17) is 4.74 Å². The van der Waals surface area contributed by atoms with Crippen LogP contribution in [0.15, 0.2) is 43.5 Å². The maximum atomic E-state index is 11.6. The molecule has 1 aromatic carbocycles. The summed E-state index contributed by atoms with van der Waals surface area (Å²) in [7, 11) is 1.42. The number of methoxy groups -OCH3 is 1. The summed E-state index contributed by atoms with van der Waals surface area (Å²) in [6, 6.07) is 3.65. The van der Waals surface area contributed by atoms with Gasteiger partial charge in [-0.25, -0.2) is 0 Å². The molecule has 1 atom stereocenters. The fourth-order valence-corrected chi connectivity index (χ4v) is 1.99. The SMILES string of the molecule is C=CCN(CC=C)C(C(=O)O)c1ccc(O)c(OC)c1. The van der Waals surface area contributed by atoms with E-state index in [1.807, 2.05) is 0 Å². The summed E-state index contributed by atoms with van der Waals surface area (Å²) in [6.45, 7) is 8.08. The molecule has 0 aliphatic carbocycles. The Morgan fingerprint density at radius 3 is 2.45 bits per heavy atom. The molecular formula is C15H19NO4. The standard InChI is InChI=1S/C15H19NO4/c1-4-8-16(9-5-2)14(15(18)19)11-6-7-12(17)13(10-11)20-3/h4-7,10,14,17H,1-2,8-9H2,3H3,(H,18,19). The number of ether oxygens (including phenoxy) is 1. The second-order valence-corrected chi connectivity index (χ2v) is 4.20. The predicted molar refractivity (Wildman–Crippen MR) is 77.0 cm³/mol. The fourth-order valence-electron chi connectivity index (χ4n) is 1.99. The van der Waals surface area contributed by atoms with Crippen molar-refractivity contribution >= 4 is 5.97 Å². The normalized spacial score (nSPS) is 11.9. The first-order chi connectivity index (χ1) is 9.54. The van der Waals surface area contributed by atoms with E-state index in [1.165, 1.54) is 19.2 Å². The highest BCUT2D eigenvalue weighted by atomic mass is 16.5. The molecule has 0 heterocycles. The van der Waals surface area contributed by atoms with E-state index in [1.54, 1.807) is 23.1 Å². The molecule has 5 nitrogen and oxygen atoms in total. The molecule has 1 aromatic rings. The van der Waals surface area contributed by atoms with Crippen molar-refractivity contribution in [2.75, 3.05) is 20.2 Å². The van der Waals surface area contributed by atoms with Crippen LogP contribution in [0.5, 0.6) is 11.5 Å². The number of nitrogens with zero attached hydrogens (tertiary/aromatic N) is 1. The molecule has 0 aliphatic rings. The van der Waals surface area contributed by atoms with E-state index in [0.717, 1.165) is 0 Å². The van der Waals surface area contributed by atoms with Crippen molar-refractivity contribution in [2.45, 2.75) is 6.04 Å². The first kappa shape index (κ1) is 15.8. The first-order valence-electron chi connectivity index (χ1n) is 6.10. The number of carbonyl (C=O) groups is 1. The number of carboxylic acid groups (broad SMARTS) is 1. The average Bonchev–Trinajstić information content (AvgIpc) is 2.41. The number of hydrogen-bond acceptors (Lipinski definition) is 4. The highest BCUT2D eigenvalue weighted by Gasteiger charge is 2.26. The number of phenolic OH excluding ortho intramolecular Hbond substituents is 1. The highest BCUT2D eigenvalue weighted by Crippen LogP contribution is 2.31. The zero-order valence-electron chi connectivity index (χ0n) is 11.5. The molecule has 0 bridgehead atoms. The van der Waals surface area contributed by atoms with Crippen LogP contribution < -0.4 is 4.74 Å². The average molecular weight is 277 g/mol. The number of aromatic hydroxyl groups is 1. The number of aliphatic carboxylic acids is 1. The van der Waals surface area contributed by atoms with Gasteiger partial charge >= 0.3 is 5.97 Å². The largest absolute Gasteiger partial charge is 0.504 e. The van der Waals surface area contributed by atoms with Gasteiger partial charge < -0.3 is 14.9 Å². The summed E-state index contributed by atoms with van der Waals surface area (Å²) >= 11 is 0. The monoisotopic (exact) mass is 277 g/mol. The molecular weight excluding hydrogens is 258 g/mol. The van der Waals surface area contributed by atoms with Gasteiger partial charge in [0.25, 0.3) is 0 Å². The second-order valence-electron chi connectivity index (χ2n) is 4.20. The number of carboxylic acids is 1. The summed E-state index contributed by atoms with van der Waals surface area (Å²) in [6.07, 6.45) is 3.27. The van der Waals surface area contributed by atoms with Crippen molar-refractivity contribution in [3.8, 4) is 11.5 Å². The van der Waals surface area contributed by atoms with Crippen LogP contribution in [-0.4, -0.2) is 41.3 Å². The Kier molecular flexibility index (Phi) is 5.80. The zero-order chi connectivity index (χ0) is 15.1. The van der Waals surface area contributed by atoms with Crippen LogP contribution in [-0.2, 0) is 4.79 Å². The van der Waals surface area contributed by atoms with Gasteiger partial charge in [0.2, 0.25) is 0 Å². The lowest BCUT2D eigenvalue weighted by molar-refractivity contribution is -0.143. The van der Waals surface area contributed by atoms with E-state index in [2.05, 4.69) is 13.2 Å². The van der Waals surface area contributed by atoms with Crippen LogP contribution in [0.3, 0.4) is 0 Å². The molecule has 108 valence electrons. The van der Waals surface area contributed by atoms with Crippen LogP contribution in [0.25, 0.3) is 0 Å². The summed E-state index contributed by atoms with van der Waals surface area (Å²) in [4.78, 5) is 13.3. The van der Waals surface area contributed by atoms with Gasteiger partial charge in [-0.05, 0) is 17.7 Å². The van der Waals surface area contributed by atoms with E-state index in [9.17, 15) is 15.0 Å². The van der Waals surface area contributed by atoms with Gasteiger partial charge in [0, 0.05) is 13.1 Å². The summed E-state index contributed by atoms with van der Waals surface area (Å²) in [5.74, 6) is -0.772. The third-order valence-electron chi connectivity index (χ3n) is 2.85. The topological polar surface area (TPSA) is 70.0 Å². The molecule has 0 amide bonds. The lowest BCUT2D eigenvalue weighted by Gasteiger charge is -2.27. The first-order valence-corrected chi connectivity index (χ1v) is 6.10. The highest BCUT2D eigenvalue weighted by molar-refractivity contribution is 5.76. The van der Waals surface area contributed by atoms with Gasteiger partial charge in [-0.1, -0.05) is 18.2 Å². The minimum atomic E-state index is -0.985. The number of rotatable bonds is 8. The molecule has 1 unspecified atom stereocenters. The zero-order valence-corrected chi connectivity index (χ0v) is 11.5. The van der Waals surface area contributed by atoms with Gasteiger partial charge in [0.1, 0.15) is 6.04 Å². The van der Waals surface area contributed by atoms with Crippen LogP contribution in [0.1, 0.15) is 11.6 Å². The van der Waals surface area contributed by atoms with Crippen molar-refractivity contribution in [1.29, 1.82) is 0 Å². The van der Waals surface area contributed by atoms with Crippen molar-refractivity contribution < 1.29 is 19.7 Å². The van der Waals surface area contributed by atoms with E-state index >= 15 is 0 Å². The third kappa shape index (κ3) is 3.61. The minimum Gasteiger partial charge on any atom is -0.504 e. The van der Waals surface area contributed by atoms with Crippen LogP contribution >= 0.6 is 0 Å². The predicted octanol–water partition coefficient (Wildman–Crippen LogP) is 2.20. The van der Waals surface area contributed by atoms with Gasteiger partial charge in [-0.15, -0.1) is 13.2 Å². The maximum absolute atomic E-state index is 11.6. The third-order valence-corrected chi connectivity index (χ3v) is 2.85. The molecule has 0 aromatic heterocycles. The molecule has 0 saturated carbocycles. The quantitative estimate of drug-likeness (QED) is 0.713. The Hall–Kier alpha value is -2.27. The lowest BCUT2D eigenvalue weighted by atomic mass is 10.0. The molecule has 5 heteroatoms. The van der Waals surface area contributed by atoms with Crippen LogP contribution in [0.2, 0.25) is 0 Å². The molecule has 0 aliphatic heterocycles. The van der Waals surface area contributed by atoms with Gasteiger partial charge in [0.15, 0.2) is 11.5 Å². The van der Waals surface area contributed by atoms with Crippen LogP contribution in [0.4, 0.5) is 0 Å². The van der Waals surface area contributed by atoms with Crippen molar-refractivity contribution in [3.05, 3.63) is 49.1 Å². The van der Waals surface area contributed by atoms with Crippen molar-refractivity contribution in [1.82, 2.24) is 4.90 Å². The summed E-state index contributed by atoms with van der Waals surface area (Å²) in [5, 5.41) is 19.1. The Labute approximate surface area is 118 Å². The number of benzene rings is 1. The van der Waals surface area contributed by atoms with Gasteiger partial charge in [0.05, 0.1) is 7.11 Å². The van der Waals surface area contributed by atoms with E-state index < -0.39 is 12.0 Å². The maximum Gasteiger partial charge on any atom is 0.325 e. The van der Waals surface area contributed by atoms with Crippen molar-refractivity contribution in [3.63, 3.8) is 0 Å². The smallest absolute Gasteiger partial charge is 0.325 e. The number of phenols is 1. The summed E-state index contributed by atoms with van der Waals surface area (Å²) < 4.78 is 5.01. The molecule has 20 heavy (non-hydrogen) atoms. The molecule has 1 rings (SSSR count). The number of hydrogen-bond donors (Lipinski definition) is 2. The Morgan fingerprint density at radius 2 is 2.00 bits per heavy atom. The molecule has 0 radical (unpaired) electrons. The molecule has 0 spiro atoms. The molecule has 2 N–H and O–H groups in total. The van der Waals surface area contributed by atoms with E-state index in [0.29, 0.717) is 18.7 Å². The Bertz CT molecular complexity index is 489. The Balaban J connectivity index is 3.21. The lowest BCUT2D eigenvalue weighted by Crippen LogP contribution is -2.34. The van der Waals surface area contributed by atoms with Crippen LogP contribution in [0, 0.1) is 0 Å². The summed E-state index contributed by atoms with van der Waals surface area (Å²) in [5.41, 5.74) is 0.524.